The predicted octanol–water partition coefficient (Wildman–Crippen LogP) is 4.47. The lowest BCUT2D eigenvalue weighted by atomic mass is 10.0. The molecule has 0 bridgehead atoms. The number of nitrogens with zero attached hydrogens (tertiary/aromatic N) is 3. The molecule has 2 heterocycles. The van der Waals surface area contributed by atoms with E-state index in [0.29, 0.717) is 6.42 Å². The standard InChI is InChI=1S/C21H15F2N3/c22-19-6-2-5-18(20(19)23)21-25-13-17(26-21)12-14-3-1-4-16(11-14)15-7-9-24-10-8-15/h1-11,13,17H,12H2. The Balaban J connectivity index is 1.55. The number of aromatic nitrogens is 1. The van der Waals surface area contributed by atoms with Crippen LogP contribution < -0.4 is 0 Å². The molecule has 3 nitrogen and oxygen atoms in total. The van der Waals surface area contributed by atoms with Crippen LogP contribution in [0.15, 0.2) is 77.0 Å². The van der Waals surface area contributed by atoms with Crippen molar-refractivity contribution in [2.75, 3.05) is 0 Å². The van der Waals surface area contributed by atoms with Crippen molar-refractivity contribution in [3.05, 3.63) is 89.8 Å². The molecule has 26 heavy (non-hydrogen) atoms. The largest absolute Gasteiger partial charge is 0.265 e. The molecule has 0 radical (unpaired) electrons. The summed E-state index contributed by atoms with van der Waals surface area (Å²) in [4.78, 5) is 12.6. The highest BCUT2D eigenvalue weighted by Gasteiger charge is 2.19. The van der Waals surface area contributed by atoms with E-state index >= 15 is 0 Å². The summed E-state index contributed by atoms with van der Waals surface area (Å²) in [5, 5.41) is 0. The fourth-order valence-corrected chi connectivity index (χ4v) is 2.96. The van der Waals surface area contributed by atoms with Crippen LogP contribution in [0.2, 0.25) is 0 Å². The smallest absolute Gasteiger partial charge is 0.169 e. The van der Waals surface area contributed by atoms with Crippen LogP contribution in [-0.4, -0.2) is 23.1 Å². The van der Waals surface area contributed by atoms with Gasteiger partial charge in [-0.1, -0.05) is 30.3 Å². The van der Waals surface area contributed by atoms with Crippen LogP contribution in [0.5, 0.6) is 0 Å². The Bertz CT molecular complexity index is 997. The molecule has 0 amide bonds. The first kappa shape index (κ1) is 16.3. The number of hydrogen-bond donors (Lipinski definition) is 0. The average Bonchev–Trinajstić information content (AvgIpc) is 3.13. The molecule has 5 heteroatoms. The molecule has 128 valence electrons. The Morgan fingerprint density at radius 2 is 1.69 bits per heavy atom. The third kappa shape index (κ3) is 3.28. The second-order valence-corrected chi connectivity index (χ2v) is 6.04. The van der Waals surface area contributed by atoms with Crippen LogP contribution in [-0.2, 0) is 6.42 Å². The summed E-state index contributed by atoms with van der Waals surface area (Å²) >= 11 is 0. The van der Waals surface area contributed by atoms with Gasteiger partial charge in [0, 0.05) is 18.6 Å². The van der Waals surface area contributed by atoms with Crippen LogP contribution in [0.1, 0.15) is 11.1 Å². The summed E-state index contributed by atoms with van der Waals surface area (Å²) in [6.07, 6.45) is 5.84. The summed E-state index contributed by atoms with van der Waals surface area (Å²) in [7, 11) is 0. The summed E-state index contributed by atoms with van der Waals surface area (Å²) in [6, 6.07) is 15.9. The zero-order chi connectivity index (χ0) is 17.9. The minimum atomic E-state index is -0.913. The maximum atomic E-state index is 13.9. The van der Waals surface area contributed by atoms with Gasteiger partial charge in [0.2, 0.25) is 0 Å². The second-order valence-electron chi connectivity index (χ2n) is 6.04. The van der Waals surface area contributed by atoms with Crippen LogP contribution >= 0.6 is 0 Å². The topological polar surface area (TPSA) is 37.6 Å². The second kappa shape index (κ2) is 6.96. The molecule has 1 aromatic heterocycles. The average molecular weight is 347 g/mol. The number of halogens is 2. The van der Waals surface area contributed by atoms with Crippen molar-refractivity contribution in [3.8, 4) is 11.1 Å². The minimum absolute atomic E-state index is 0.0919. The lowest BCUT2D eigenvalue weighted by Gasteiger charge is -2.07. The van der Waals surface area contributed by atoms with Crippen molar-refractivity contribution in [1.29, 1.82) is 0 Å². The molecule has 0 spiro atoms. The zero-order valence-electron chi connectivity index (χ0n) is 13.8. The maximum Gasteiger partial charge on any atom is 0.169 e. The van der Waals surface area contributed by atoms with Crippen LogP contribution in [0.25, 0.3) is 11.1 Å². The van der Waals surface area contributed by atoms with Crippen LogP contribution in [0.3, 0.4) is 0 Å². The van der Waals surface area contributed by atoms with E-state index in [-0.39, 0.29) is 17.4 Å². The number of hydrogen-bond acceptors (Lipinski definition) is 3. The van der Waals surface area contributed by atoms with Gasteiger partial charge in [-0.2, -0.15) is 0 Å². The quantitative estimate of drug-likeness (QED) is 0.686. The van der Waals surface area contributed by atoms with E-state index in [2.05, 4.69) is 21.0 Å². The molecule has 1 unspecified atom stereocenters. The Kier molecular flexibility index (Phi) is 4.35. The van der Waals surface area contributed by atoms with Gasteiger partial charge in [-0.25, -0.2) is 13.8 Å². The summed E-state index contributed by atoms with van der Waals surface area (Å²) < 4.78 is 27.3. The van der Waals surface area contributed by atoms with Crippen molar-refractivity contribution in [2.45, 2.75) is 12.5 Å². The van der Waals surface area contributed by atoms with Gasteiger partial charge < -0.3 is 0 Å². The Morgan fingerprint density at radius 1 is 0.885 bits per heavy atom. The van der Waals surface area contributed by atoms with Gasteiger partial charge in [0.25, 0.3) is 0 Å². The molecule has 0 aliphatic carbocycles. The molecular weight excluding hydrogens is 332 g/mol. The Labute approximate surface area is 149 Å². The van der Waals surface area contributed by atoms with Crippen LogP contribution in [0.4, 0.5) is 8.78 Å². The number of amidine groups is 1. The molecule has 0 saturated heterocycles. The first-order valence-electron chi connectivity index (χ1n) is 8.26. The Hall–Kier alpha value is -3.21. The van der Waals surface area contributed by atoms with Gasteiger partial charge in [0.1, 0.15) is 0 Å². The van der Waals surface area contributed by atoms with Crippen molar-refractivity contribution in [2.24, 2.45) is 9.98 Å². The number of rotatable bonds is 4. The summed E-state index contributed by atoms with van der Waals surface area (Å²) in [6.45, 7) is 0. The van der Waals surface area contributed by atoms with E-state index in [1.165, 1.54) is 12.1 Å². The highest BCUT2D eigenvalue weighted by atomic mass is 19.2. The molecule has 3 aromatic rings. The Morgan fingerprint density at radius 3 is 2.54 bits per heavy atom. The van der Waals surface area contributed by atoms with E-state index in [9.17, 15) is 8.78 Å². The highest BCUT2D eigenvalue weighted by Crippen LogP contribution is 2.22. The number of benzene rings is 2. The fraction of sp³-hybridized carbons (Fsp3) is 0.0952. The van der Waals surface area contributed by atoms with E-state index in [1.54, 1.807) is 18.6 Å². The van der Waals surface area contributed by atoms with Gasteiger partial charge in [0.05, 0.1) is 11.6 Å². The minimum Gasteiger partial charge on any atom is -0.265 e. The third-order valence-electron chi connectivity index (χ3n) is 4.23. The molecule has 2 aromatic carbocycles. The molecule has 4 rings (SSSR count). The fourth-order valence-electron chi connectivity index (χ4n) is 2.96. The third-order valence-corrected chi connectivity index (χ3v) is 4.23. The molecule has 0 fully saturated rings. The molecule has 0 N–H and O–H groups in total. The van der Waals surface area contributed by atoms with E-state index in [0.717, 1.165) is 22.8 Å². The van der Waals surface area contributed by atoms with Gasteiger partial charge in [-0.15, -0.1) is 0 Å². The first-order valence-corrected chi connectivity index (χ1v) is 8.26. The molecular formula is C21H15F2N3. The van der Waals surface area contributed by atoms with E-state index < -0.39 is 11.6 Å². The predicted molar refractivity (Wildman–Crippen MR) is 98.6 cm³/mol. The summed E-state index contributed by atoms with van der Waals surface area (Å²) in [5.41, 5.74) is 3.38. The summed E-state index contributed by atoms with van der Waals surface area (Å²) in [5.74, 6) is -1.57. The molecule has 1 aliphatic rings. The molecule has 0 saturated carbocycles. The monoisotopic (exact) mass is 347 g/mol. The van der Waals surface area contributed by atoms with E-state index in [4.69, 9.17) is 0 Å². The highest BCUT2D eigenvalue weighted by molar-refractivity contribution is 6.07. The van der Waals surface area contributed by atoms with Gasteiger partial charge in [-0.3, -0.25) is 9.98 Å². The molecule has 1 atom stereocenters. The van der Waals surface area contributed by atoms with Gasteiger partial charge in [0.15, 0.2) is 17.5 Å². The number of aliphatic imine (C=N–C) groups is 2. The van der Waals surface area contributed by atoms with Crippen molar-refractivity contribution < 1.29 is 8.78 Å². The lowest BCUT2D eigenvalue weighted by molar-refractivity contribution is 0.507. The van der Waals surface area contributed by atoms with Crippen molar-refractivity contribution in [3.63, 3.8) is 0 Å². The van der Waals surface area contributed by atoms with Gasteiger partial charge in [-0.05, 0) is 47.4 Å². The maximum absolute atomic E-state index is 13.9. The molecule has 1 aliphatic heterocycles. The normalized spacial score (nSPS) is 15.9. The lowest BCUT2D eigenvalue weighted by Crippen LogP contribution is -2.08. The van der Waals surface area contributed by atoms with E-state index in [1.807, 2.05) is 30.3 Å². The first-order chi connectivity index (χ1) is 12.7. The SMILES string of the molecule is Fc1cccc(C2=NC(Cc3cccc(-c4ccncc4)c3)C=N2)c1F. The van der Waals surface area contributed by atoms with Crippen molar-refractivity contribution >= 4 is 12.1 Å². The van der Waals surface area contributed by atoms with Crippen LogP contribution in [0, 0.1) is 11.6 Å². The number of pyridine rings is 1. The van der Waals surface area contributed by atoms with Gasteiger partial charge >= 0.3 is 0 Å². The zero-order valence-corrected chi connectivity index (χ0v) is 13.8. The van der Waals surface area contributed by atoms with Crippen molar-refractivity contribution in [1.82, 2.24) is 4.98 Å².